The van der Waals surface area contributed by atoms with Crippen LogP contribution in [0.5, 0.6) is 0 Å². The fourth-order valence-electron chi connectivity index (χ4n) is 2.50. The van der Waals surface area contributed by atoms with Crippen molar-refractivity contribution >= 4 is 5.91 Å². The second-order valence-corrected chi connectivity index (χ2v) is 5.21. The van der Waals surface area contributed by atoms with Gasteiger partial charge in [-0.05, 0) is 45.1 Å². The third-order valence-corrected chi connectivity index (χ3v) is 3.95. The number of nitrogens with zero attached hydrogens (tertiary/aromatic N) is 1. The van der Waals surface area contributed by atoms with Crippen LogP contribution < -0.4 is 5.73 Å². The number of carbonyl (C=O) groups is 1. The molecular weight excluding hydrogens is 216 g/mol. The Balaban J connectivity index is 2.42. The lowest BCUT2D eigenvalue weighted by Gasteiger charge is -2.32. The van der Waals surface area contributed by atoms with Crippen LogP contribution in [0.25, 0.3) is 0 Å². The van der Waals surface area contributed by atoms with Gasteiger partial charge in [-0.25, -0.2) is 0 Å². The Morgan fingerprint density at radius 2 is 2.00 bits per heavy atom. The topological polar surface area (TPSA) is 55.6 Å². The monoisotopic (exact) mass is 242 g/mol. The zero-order valence-electron chi connectivity index (χ0n) is 11.3. The summed E-state index contributed by atoms with van der Waals surface area (Å²) in [5.74, 6) is 1.09. The first-order valence-electron chi connectivity index (χ1n) is 6.55. The van der Waals surface area contributed by atoms with Crippen LogP contribution in [0.4, 0.5) is 0 Å². The fraction of sp³-hybridized carbons (Fsp3) is 0.923. The zero-order chi connectivity index (χ0) is 12.8. The molecule has 4 heteroatoms. The van der Waals surface area contributed by atoms with Gasteiger partial charge < -0.3 is 15.4 Å². The van der Waals surface area contributed by atoms with Crippen molar-refractivity contribution in [2.75, 3.05) is 27.3 Å². The zero-order valence-corrected chi connectivity index (χ0v) is 11.3. The molecule has 1 aliphatic carbocycles. The predicted molar refractivity (Wildman–Crippen MR) is 68.6 cm³/mol. The van der Waals surface area contributed by atoms with E-state index in [1.165, 1.54) is 0 Å². The minimum atomic E-state index is 0.153. The molecule has 0 aromatic rings. The largest absolute Gasteiger partial charge is 0.383 e. The molecule has 4 nitrogen and oxygen atoms in total. The highest BCUT2D eigenvalue weighted by Crippen LogP contribution is 2.29. The summed E-state index contributed by atoms with van der Waals surface area (Å²) in [6, 6.07) is 0.153. The minimum absolute atomic E-state index is 0.153. The van der Waals surface area contributed by atoms with Crippen molar-refractivity contribution in [3.63, 3.8) is 0 Å². The molecule has 17 heavy (non-hydrogen) atoms. The van der Waals surface area contributed by atoms with E-state index < -0.39 is 0 Å². The van der Waals surface area contributed by atoms with Crippen molar-refractivity contribution in [3.05, 3.63) is 0 Å². The van der Waals surface area contributed by atoms with Crippen LogP contribution in [0, 0.1) is 11.8 Å². The highest BCUT2D eigenvalue weighted by Gasteiger charge is 2.29. The number of rotatable bonds is 5. The van der Waals surface area contributed by atoms with Crippen molar-refractivity contribution in [2.45, 2.75) is 38.6 Å². The summed E-state index contributed by atoms with van der Waals surface area (Å²) in [6.07, 6.45) is 4.17. The Morgan fingerprint density at radius 3 is 2.47 bits per heavy atom. The molecule has 1 atom stereocenters. The Bertz CT molecular complexity index is 238. The molecule has 0 aromatic carbocycles. The molecule has 100 valence electrons. The minimum Gasteiger partial charge on any atom is -0.383 e. The second kappa shape index (κ2) is 6.97. The van der Waals surface area contributed by atoms with Gasteiger partial charge in [-0.2, -0.15) is 0 Å². The number of methoxy groups -OCH3 is 1. The molecule has 0 bridgehead atoms. The molecule has 0 aromatic heterocycles. The summed E-state index contributed by atoms with van der Waals surface area (Å²) in [6.45, 7) is 3.38. The van der Waals surface area contributed by atoms with E-state index in [0.717, 1.165) is 32.2 Å². The first-order chi connectivity index (χ1) is 8.10. The SMILES string of the molecule is COCC(C)N(C)C(=O)C1CCC(CN)CC1. The maximum Gasteiger partial charge on any atom is 0.225 e. The van der Waals surface area contributed by atoms with Gasteiger partial charge in [0.1, 0.15) is 0 Å². The van der Waals surface area contributed by atoms with Gasteiger partial charge in [-0.3, -0.25) is 4.79 Å². The van der Waals surface area contributed by atoms with Crippen molar-refractivity contribution in [2.24, 2.45) is 17.6 Å². The lowest BCUT2D eigenvalue weighted by Crippen LogP contribution is -2.42. The van der Waals surface area contributed by atoms with Crippen LogP contribution >= 0.6 is 0 Å². The van der Waals surface area contributed by atoms with Gasteiger partial charge in [0.25, 0.3) is 0 Å². The van der Waals surface area contributed by atoms with E-state index >= 15 is 0 Å². The molecule has 1 unspecified atom stereocenters. The lowest BCUT2D eigenvalue weighted by molar-refractivity contribution is -0.138. The van der Waals surface area contributed by atoms with E-state index in [0.29, 0.717) is 12.5 Å². The van der Waals surface area contributed by atoms with Gasteiger partial charge in [-0.15, -0.1) is 0 Å². The van der Waals surface area contributed by atoms with E-state index in [9.17, 15) is 4.79 Å². The number of likely N-dealkylation sites (N-methyl/N-ethyl adjacent to an activating group) is 1. The number of nitrogens with two attached hydrogens (primary N) is 1. The molecule has 1 aliphatic rings. The van der Waals surface area contributed by atoms with E-state index in [2.05, 4.69) is 0 Å². The summed E-state index contributed by atoms with van der Waals surface area (Å²) in [5, 5.41) is 0. The van der Waals surface area contributed by atoms with Crippen LogP contribution in [0.2, 0.25) is 0 Å². The molecule has 1 fully saturated rings. The van der Waals surface area contributed by atoms with Gasteiger partial charge in [0.15, 0.2) is 0 Å². The number of hydrogen-bond acceptors (Lipinski definition) is 3. The molecular formula is C13H26N2O2. The van der Waals surface area contributed by atoms with E-state index in [1.54, 1.807) is 7.11 Å². The maximum atomic E-state index is 12.2. The summed E-state index contributed by atoms with van der Waals surface area (Å²) >= 11 is 0. The van der Waals surface area contributed by atoms with E-state index in [-0.39, 0.29) is 17.9 Å². The van der Waals surface area contributed by atoms with Crippen LogP contribution in [0.15, 0.2) is 0 Å². The van der Waals surface area contributed by atoms with Gasteiger partial charge in [0.2, 0.25) is 5.91 Å². The molecule has 0 radical (unpaired) electrons. The molecule has 1 amide bonds. The number of hydrogen-bond donors (Lipinski definition) is 1. The molecule has 1 rings (SSSR count). The molecule has 1 saturated carbocycles. The number of amides is 1. The third-order valence-electron chi connectivity index (χ3n) is 3.95. The first-order valence-corrected chi connectivity index (χ1v) is 6.55. The molecule has 0 aliphatic heterocycles. The van der Waals surface area contributed by atoms with Crippen LogP contribution in [0.3, 0.4) is 0 Å². The normalized spacial score (nSPS) is 26.6. The summed E-state index contributed by atoms with van der Waals surface area (Å²) < 4.78 is 5.09. The van der Waals surface area contributed by atoms with Gasteiger partial charge in [0, 0.05) is 20.1 Å². The molecule has 0 spiro atoms. The summed E-state index contributed by atoms with van der Waals surface area (Å²) in [7, 11) is 3.54. The van der Waals surface area contributed by atoms with Crippen molar-refractivity contribution in [1.82, 2.24) is 4.90 Å². The highest BCUT2D eigenvalue weighted by molar-refractivity contribution is 5.78. The third kappa shape index (κ3) is 3.96. The summed E-state index contributed by atoms with van der Waals surface area (Å²) in [5.41, 5.74) is 5.66. The van der Waals surface area contributed by atoms with Gasteiger partial charge in [0.05, 0.1) is 12.6 Å². The molecule has 2 N–H and O–H groups in total. The Morgan fingerprint density at radius 1 is 1.41 bits per heavy atom. The van der Waals surface area contributed by atoms with Crippen molar-refractivity contribution in [1.29, 1.82) is 0 Å². The molecule has 0 heterocycles. The first kappa shape index (κ1) is 14.5. The van der Waals surface area contributed by atoms with Crippen LogP contribution in [-0.2, 0) is 9.53 Å². The standard InChI is InChI=1S/C13H26N2O2/c1-10(9-17-3)15(2)13(16)12-6-4-11(8-14)5-7-12/h10-12H,4-9,14H2,1-3H3. The second-order valence-electron chi connectivity index (χ2n) is 5.21. The highest BCUT2D eigenvalue weighted by atomic mass is 16.5. The van der Waals surface area contributed by atoms with Crippen LogP contribution in [0.1, 0.15) is 32.6 Å². The van der Waals surface area contributed by atoms with Crippen molar-refractivity contribution in [3.8, 4) is 0 Å². The fourth-order valence-corrected chi connectivity index (χ4v) is 2.50. The Kier molecular flexibility index (Phi) is 5.92. The smallest absolute Gasteiger partial charge is 0.225 e. The van der Waals surface area contributed by atoms with Gasteiger partial charge in [-0.1, -0.05) is 0 Å². The van der Waals surface area contributed by atoms with Gasteiger partial charge >= 0.3 is 0 Å². The predicted octanol–water partition coefficient (Wildman–Crippen LogP) is 1.24. The van der Waals surface area contributed by atoms with E-state index in [4.69, 9.17) is 10.5 Å². The summed E-state index contributed by atoms with van der Waals surface area (Å²) in [4.78, 5) is 14.1. The quantitative estimate of drug-likeness (QED) is 0.789. The maximum absolute atomic E-state index is 12.2. The lowest BCUT2D eigenvalue weighted by atomic mass is 9.81. The average Bonchev–Trinajstić information content (AvgIpc) is 2.37. The number of ether oxygens (including phenoxy) is 1. The number of carbonyl (C=O) groups excluding carboxylic acids is 1. The van der Waals surface area contributed by atoms with Crippen molar-refractivity contribution < 1.29 is 9.53 Å². The average molecular weight is 242 g/mol. The Labute approximate surface area is 104 Å². The van der Waals surface area contributed by atoms with Crippen LogP contribution in [-0.4, -0.2) is 44.2 Å². The van der Waals surface area contributed by atoms with E-state index in [1.807, 2.05) is 18.9 Å². The molecule has 0 saturated heterocycles. The Hall–Kier alpha value is -0.610.